The summed E-state index contributed by atoms with van der Waals surface area (Å²) in [5.41, 5.74) is 7.09. The quantitative estimate of drug-likeness (QED) is 0.847. The molecule has 0 spiro atoms. The number of imidazole rings is 1. The molecule has 90 valence electrons. The van der Waals surface area contributed by atoms with E-state index in [1.807, 2.05) is 0 Å². The van der Waals surface area contributed by atoms with E-state index in [1.54, 1.807) is 16.8 Å². The molecule has 0 unspecified atom stereocenters. The summed E-state index contributed by atoms with van der Waals surface area (Å²) in [6, 6.07) is 1.70. The topological polar surface area (TPSA) is 85.8 Å². The minimum atomic E-state index is -0.0796. The number of halogens is 1. The number of aromatic nitrogens is 3. The Morgan fingerprint density at radius 1 is 1.65 bits per heavy atom. The number of nitrogen functional groups attached to an aromatic ring is 1. The summed E-state index contributed by atoms with van der Waals surface area (Å²) < 4.78 is 1.74. The molecule has 0 aliphatic heterocycles. The van der Waals surface area contributed by atoms with Crippen LogP contribution in [0, 0.1) is 0 Å². The molecule has 17 heavy (non-hydrogen) atoms. The van der Waals surface area contributed by atoms with Crippen LogP contribution in [0.4, 0.5) is 5.95 Å². The van der Waals surface area contributed by atoms with Crippen molar-refractivity contribution in [3.8, 4) is 0 Å². The summed E-state index contributed by atoms with van der Waals surface area (Å²) in [6.07, 6.45) is 1.54. The van der Waals surface area contributed by atoms with Crippen LogP contribution in [0.15, 0.2) is 12.3 Å². The number of hydrogen-bond acceptors (Lipinski definition) is 4. The monoisotopic (exact) mass is 253 g/mol. The average molecular weight is 254 g/mol. The highest BCUT2D eigenvalue weighted by molar-refractivity contribution is 6.31. The molecular weight excluding hydrogens is 242 g/mol. The number of hydrogen-bond donors (Lipinski definition) is 2. The standard InChI is InChI=1S/C10H12ClN5O/c1-6(17)13-2-3-16-9-8(15-10(16)12)4-7(11)5-14-9/h4-5H,2-3H2,1H3,(H2,12,15)(H,13,17). The Morgan fingerprint density at radius 3 is 3.12 bits per heavy atom. The van der Waals surface area contributed by atoms with Crippen molar-refractivity contribution in [2.45, 2.75) is 13.5 Å². The summed E-state index contributed by atoms with van der Waals surface area (Å²) >= 11 is 5.82. The van der Waals surface area contributed by atoms with E-state index in [1.165, 1.54) is 6.92 Å². The van der Waals surface area contributed by atoms with E-state index < -0.39 is 0 Å². The summed E-state index contributed by atoms with van der Waals surface area (Å²) in [7, 11) is 0. The van der Waals surface area contributed by atoms with Crippen LogP contribution in [0.25, 0.3) is 11.2 Å². The van der Waals surface area contributed by atoms with Crippen molar-refractivity contribution in [1.82, 2.24) is 19.9 Å². The van der Waals surface area contributed by atoms with E-state index in [4.69, 9.17) is 17.3 Å². The third-order valence-electron chi connectivity index (χ3n) is 2.29. The number of rotatable bonds is 3. The lowest BCUT2D eigenvalue weighted by Gasteiger charge is -2.05. The molecule has 0 aromatic carbocycles. The van der Waals surface area contributed by atoms with E-state index in [0.717, 1.165) is 0 Å². The number of nitrogens with two attached hydrogens (primary N) is 1. The highest BCUT2D eigenvalue weighted by atomic mass is 35.5. The van der Waals surface area contributed by atoms with Gasteiger partial charge in [0.15, 0.2) is 5.65 Å². The lowest BCUT2D eigenvalue weighted by molar-refractivity contribution is -0.118. The molecule has 0 saturated carbocycles. The molecular formula is C10H12ClN5O. The van der Waals surface area contributed by atoms with Gasteiger partial charge >= 0.3 is 0 Å². The SMILES string of the molecule is CC(=O)NCCn1c(N)nc2cc(Cl)cnc21. The molecule has 3 N–H and O–H groups in total. The fourth-order valence-electron chi connectivity index (χ4n) is 1.57. The van der Waals surface area contributed by atoms with Crippen LogP contribution in [0.1, 0.15) is 6.92 Å². The maximum absolute atomic E-state index is 10.8. The van der Waals surface area contributed by atoms with Crippen LogP contribution in [0.5, 0.6) is 0 Å². The van der Waals surface area contributed by atoms with Crippen LogP contribution < -0.4 is 11.1 Å². The van der Waals surface area contributed by atoms with E-state index in [0.29, 0.717) is 35.2 Å². The lowest BCUT2D eigenvalue weighted by atomic mass is 10.4. The first-order valence-electron chi connectivity index (χ1n) is 5.09. The van der Waals surface area contributed by atoms with Gasteiger partial charge in [0.05, 0.1) is 5.02 Å². The Labute approximate surface area is 103 Å². The van der Waals surface area contributed by atoms with Gasteiger partial charge in [0, 0.05) is 26.2 Å². The van der Waals surface area contributed by atoms with Crippen molar-refractivity contribution >= 4 is 34.6 Å². The smallest absolute Gasteiger partial charge is 0.216 e. The zero-order valence-corrected chi connectivity index (χ0v) is 10.0. The predicted molar refractivity (Wildman–Crippen MR) is 65.6 cm³/mol. The van der Waals surface area contributed by atoms with E-state index in [2.05, 4.69) is 15.3 Å². The van der Waals surface area contributed by atoms with Crippen LogP contribution >= 0.6 is 11.6 Å². The number of pyridine rings is 1. The first kappa shape index (κ1) is 11.7. The molecule has 2 heterocycles. The zero-order valence-electron chi connectivity index (χ0n) is 9.27. The molecule has 0 saturated heterocycles. The van der Waals surface area contributed by atoms with Gasteiger partial charge in [0.2, 0.25) is 11.9 Å². The molecule has 0 atom stereocenters. The maximum Gasteiger partial charge on any atom is 0.216 e. The molecule has 2 rings (SSSR count). The fourth-order valence-corrected chi connectivity index (χ4v) is 1.72. The van der Waals surface area contributed by atoms with Gasteiger partial charge in [-0.15, -0.1) is 0 Å². The van der Waals surface area contributed by atoms with Gasteiger partial charge in [-0.1, -0.05) is 11.6 Å². The largest absolute Gasteiger partial charge is 0.369 e. The molecule has 6 nitrogen and oxygen atoms in total. The van der Waals surface area contributed by atoms with Crippen molar-refractivity contribution in [2.24, 2.45) is 0 Å². The van der Waals surface area contributed by atoms with Gasteiger partial charge in [0.1, 0.15) is 5.52 Å². The van der Waals surface area contributed by atoms with Gasteiger partial charge in [-0.05, 0) is 6.07 Å². The van der Waals surface area contributed by atoms with E-state index in [9.17, 15) is 4.79 Å². The first-order chi connectivity index (χ1) is 8.08. The van der Waals surface area contributed by atoms with E-state index >= 15 is 0 Å². The Morgan fingerprint density at radius 2 is 2.41 bits per heavy atom. The highest BCUT2D eigenvalue weighted by Crippen LogP contribution is 2.18. The number of carbonyl (C=O) groups excluding carboxylic acids is 1. The molecule has 7 heteroatoms. The second-order valence-electron chi connectivity index (χ2n) is 3.60. The van der Waals surface area contributed by atoms with Crippen LogP contribution in [0.3, 0.4) is 0 Å². The van der Waals surface area contributed by atoms with Crippen molar-refractivity contribution in [3.05, 3.63) is 17.3 Å². The molecule has 0 radical (unpaired) electrons. The van der Waals surface area contributed by atoms with E-state index in [-0.39, 0.29) is 5.91 Å². The minimum Gasteiger partial charge on any atom is -0.369 e. The van der Waals surface area contributed by atoms with Gasteiger partial charge < -0.3 is 11.1 Å². The number of anilines is 1. The molecule has 0 aliphatic rings. The Kier molecular flexibility index (Phi) is 3.14. The first-order valence-corrected chi connectivity index (χ1v) is 5.47. The molecule has 0 fully saturated rings. The zero-order chi connectivity index (χ0) is 12.4. The second kappa shape index (κ2) is 4.58. The highest BCUT2D eigenvalue weighted by Gasteiger charge is 2.09. The maximum atomic E-state index is 10.8. The predicted octanol–water partition coefficient (Wildman–Crippen LogP) is 0.803. The molecule has 2 aromatic rings. The van der Waals surface area contributed by atoms with Gasteiger partial charge in [-0.3, -0.25) is 9.36 Å². The Bertz CT molecular complexity index is 565. The fraction of sp³-hybridized carbons (Fsp3) is 0.300. The average Bonchev–Trinajstić information content (AvgIpc) is 2.54. The summed E-state index contributed by atoms with van der Waals surface area (Å²) in [5.74, 6) is 0.282. The number of amides is 1. The van der Waals surface area contributed by atoms with Crippen molar-refractivity contribution in [2.75, 3.05) is 12.3 Å². The van der Waals surface area contributed by atoms with Crippen LogP contribution in [-0.2, 0) is 11.3 Å². The summed E-state index contributed by atoms with van der Waals surface area (Å²) in [6.45, 7) is 2.47. The van der Waals surface area contributed by atoms with Crippen molar-refractivity contribution in [3.63, 3.8) is 0 Å². The van der Waals surface area contributed by atoms with Gasteiger partial charge in [-0.2, -0.15) is 0 Å². The molecule has 0 aliphatic carbocycles. The summed E-state index contributed by atoms with van der Waals surface area (Å²) in [4.78, 5) is 19.1. The Hall–Kier alpha value is -1.82. The third-order valence-corrected chi connectivity index (χ3v) is 2.50. The minimum absolute atomic E-state index is 0.0796. The van der Waals surface area contributed by atoms with Gasteiger partial charge in [0.25, 0.3) is 0 Å². The lowest BCUT2D eigenvalue weighted by Crippen LogP contribution is -2.25. The number of nitrogens with zero attached hydrogens (tertiary/aromatic N) is 3. The third kappa shape index (κ3) is 2.47. The molecule has 2 aromatic heterocycles. The number of fused-ring (bicyclic) bond motifs is 1. The Balaban J connectivity index is 2.27. The normalized spacial score (nSPS) is 10.7. The second-order valence-corrected chi connectivity index (χ2v) is 4.04. The van der Waals surface area contributed by atoms with Crippen molar-refractivity contribution in [1.29, 1.82) is 0 Å². The van der Waals surface area contributed by atoms with Crippen LogP contribution in [-0.4, -0.2) is 27.0 Å². The van der Waals surface area contributed by atoms with Gasteiger partial charge in [-0.25, -0.2) is 9.97 Å². The molecule has 1 amide bonds. The molecule has 0 bridgehead atoms. The van der Waals surface area contributed by atoms with Crippen LogP contribution in [0.2, 0.25) is 5.02 Å². The number of nitrogens with one attached hydrogen (secondary N) is 1. The van der Waals surface area contributed by atoms with Crippen molar-refractivity contribution < 1.29 is 4.79 Å². The number of carbonyl (C=O) groups is 1. The summed E-state index contributed by atoms with van der Waals surface area (Å²) in [5, 5.41) is 3.21.